The molecule has 0 saturated carbocycles. The number of thioether (sulfide) groups is 1. The molecule has 2 rings (SSSR count). The highest BCUT2D eigenvalue weighted by Crippen LogP contribution is 2.11. The van der Waals surface area contributed by atoms with Crippen LogP contribution in [0.2, 0.25) is 0 Å². The topological polar surface area (TPSA) is 28.2 Å². The van der Waals surface area contributed by atoms with E-state index in [-0.39, 0.29) is 0 Å². The van der Waals surface area contributed by atoms with Crippen molar-refractivity contribution in [3.8, 4) is 0 Å². The highest BCUT2D eigenvalue weighted by Gasteiger charge is 2.16. The molecule has 2 heterocycles. The predicted molar refractivity (Wildman–Crippen MR) is 64.8 cm³/mol. The number of pyridine rings is 1. The molecule has 1 saturated heterocycles. The summed E-state index contributed by atoms with van der Waals surface area (Å²) in [6.45, 7) is 2.13. The van der Waals surface area contributed by atoms with E-state index in [9.17, 15) is 0 Å². The van der Waals surface area contributed by atoms with Crippen molar-refractivity contribution in [2.24, 2.45) is 0 Å². The van der Waals surface area contributed by atoms with Gasteiger partial charge in [-0.3, -0.25) is 4.98 Å². The Bertz CT molecular complexity index is 285. The van der Waals surface area contributed by atoms with Crippen molar-refractivity contribution in [1.29, 1.82) is 0 Å². The van der Waals surface area contributed by atoms with Crippen molar-refractivity contribution in [2.75, 3.05) is 25.2 Å². The van der Waals surface area contributed by atoms with Crippen LogP contribution in [0.15, 0.2) is 24.5 Å². The molecule has 4 heteroatoms. The summed E-state index contributed by atoms with van der Waals surface area (Å²) in [5.74, 6) is 2.34. The van der Waals surface area contributed by atoms with Crippen LogP contribution in [0, 0.1) is 0 Å². The van der Waals surface area contributed by atoms with Crippen LogP contribution >= 0.6 is 11.8 Å². The molecule has 1 fully saturated rings. The first kappa shape index (κ1) is 10.9. The van der Waals surface area contributed by atoms with Crippen LogP contribution in [-0.2, 0) is 6.54 Å². The summed E-state index contributed by atoms with van der Waals surface area (Å²) < 4.78 is 0. The van der Waals surface area contributed by atoms with Crippen LogP contribution in [0.3, 0.4) is 0 Å². The van der Waals surface area contributed by atoms with Gasteiger partial charge in [0, 0.05) is 43.2 Å². The fourth-order valence-electron chi connectivity index (χ4n) is 1.79. The summed E-state index contributed by atoms with van der Waals surface area (Å²) in [6, 6.07) is 4.81. The van der Waals surface area contributed by atoms with E-state index < -0.39 is 0 Å². The van der Waals surface area contributed by atoms with Gasteiger partial charge in [-0.15, -0.1) is 11.8 Å². The number of hydrogen-bond acceptors (Lipinski definition) is 4. The number of nitrogens with zero attached hydrogens (tertiary/aromatic N) is 2. The highest BCUT2D eigenvalue weighted by atomic mass is 32.2. The van der Waals surface area contributed by atoms with E-state index >= 15 is 0 Å². The van der Waals surface area contributed by atoms with Crippen LogP contribution in [-0.4, -0.2) is 41.1 Å². The standard InChI is InChI=1S/C11H17N3S/c1-14(7-11-8-15-9-13-11)6-10-2-4-12-5-3-10/h2-5,11,13H,6-9H2,1H3. The average molecular weight is 223 g/mol. The van der Waals surface area contributed by atoms with Crippen molar-refractivity contribution >= 4 is 11.8 Å². The molecule has 0 radical (unpaired) electrons. The molecule has 0 spiro atoms. The molecule has 1 unspecified atom stereocenters. The molecule has 1 aromatic rings. The van der Waals surface area contributed by atoms with Gasteiger partial charge in [0.25, 0.3) is 0 Å². The number of likely N-dealkylation sites (N-methyl/N-ethyl adjacent to an activating group) is 1. The Hall–Kier alpha value is -0.580. The van der Waals surface area contributed by atoms with E-state index in [0.717, 1.165) is 19.0 Å². The monoisotopic (exact) mass is 223 g/mol. The van der Waals surface area contributed by atoms with E-state index in [2.05, 4.69) is 34.4 Å². The fraction of sp³-hybridized carbons (Fsp3) is 0.545. The van der Waals surface area contributed by atoms with Crippen molar-refractivity contribution in [3.63, 3.8) is 0 Å². The van der Waals surface area contributed by atoms with Gasteiger partial charge in [-0.1, -0.05) is 0 Å². The normalized spacial score (nSPS) is 21.1. The van der Waals surface area contributed by atoms with E-state index in [1.165, 1.54) is 11.3 Å². The Kier molecular flexibility index (Phi) is 4.00. The smallest absolute Gasteiger partial charge is 0.0421 e. The van der Waals surface area contributed by atoms with Gasteiger partial charge in [-0.25, -0.2) is 0 Å². The Morgan fingerprint density at radius 1 is 1.53 bits per heavy atom. The first-order chi connectivity index (χ1) is 7.34. The van der Waals surface area contributed by atoms with Crippen LogP contribution in [0.5, 0.6) is 0 Å². The van der Waals surface area contributed by atoms with Crippen LogP contribution in [0.4, 0.5) is 0 Å². The molecule has 1 aliphatic heterocycles. The molecule has 1 aromatic heterocycles. The summed E-state index contributed by atoms with van der Waals surface area (Å²) in [4.78, 5) is 6.38. The largest absolute Gasteiger partial charge is 0.303 e. The lowest BCUT2D eigenvalue weighted by Crippen LogP contribution is -2.36. The lowest BCUT2D eigenvalue weighted by Gasteiger charge is -2.20. The zero-order valence-corrected chi connectivity index (χ0v) is 9.83. The van der Waals surface area contributed by atoms with Gasteiger partial charge in [-0.05, 0) is 24.7 Å². The number of hydrogen-bond donors (Lipinski definition) is 1. The second-order valence-electron chi connectivity index (χ2n) is 3.97. The molecule has 15 heavy (non-hydrogen) atoms. The summed E-state index contributed by atoms with van der Waals surface area (Å²) in [7, 11) is 2.17. The Morgan fingerprint density at radius 3 is 3.00 bits per heavy atom. The minimum Gasteiger partial charge on any atom is -0.303 e. The molecule has 1 atom stereocenters. The first-order valence-electron chi connectivity index (χ1n) is 5.23. The Labute approximate surface area is 95.3 Å². The minimum absolute atomic E-state index is 0.654. The zero-order valence-electron chi connectivity index (χ0n) is 9.02. The first-order valence-corrected chi connectivity index (χ1v) is 6.38. The molecule has 0 bridgehead atoms. The molecular formula is C11H17N3S. The van der Waals surface area contributed by atoms with Crippen molar-refractivity contribution in [3.05, 3.63) is 30.1 Å². The van der Waals surface area contributed by atoms with E-state index in [4.69, 9.17) is 0 Å². The summed E-state index contributed by atoms with van der Waals surface area (Å²) in [5, 5.41) is 3.48. The molecule has 1 N–H and O–H groups in total. The summed E-state index contributed by atoms with van der Waals surface area (Å²) >= 11 is 1.98. The molecule has 3 nitrogen and oxygen atoms in total. The van der Waals surface area contributed by atoms with E-state index in [0.29, 0.717) is 6.04 Å². The quantitative estimate of drug-likeness (QED) is 0.829. The molecule has 1 aliphatic rings. The molecule has 0 aromatic carbocycles. The predicted octanol–water partition coefficient (Wildman–Crippen LogP) is 1.18. The van der Waals surface area contributed by atoms with Crippen LogP contribution in [0.25, 0.3) is 0 Å². The molecule has 0 amide bonds. The number of nitrogens with one attached hydrogen (secondary N) is 1. The molecule has 82 valence electrons. The Balaban J connectivity index is 1.79. The minimum atomic E-state index is 0.654. The third kappa shape index (κ3) is 3.48. The van der Waals surface area contributed by atoms with Gasteiger partial charge in [0.15, 0.2) is 0 Å². The molecular weight excluding hydrogens is 206 g/mol. The second kappa shape index (κ2) is 5.49. The maximum Gasteiger partial charge on any atom is 0.0421 e. The van der Waals surface area contributed by atoms with Gasteiger partial charge in [-0.2, -0.15) is 0 Å². The van der Waals surface area contributed by atoms with Gasteiger partial charge >= 0.3 is 0 Å². The summed E-state index contributed by atoms with van der Waals surface area (Å²) in [5.41, 5.74) is 1.33. The zero-order chi connectivity index (χ0) is 10.5. The van der Waals surface area contributed by atoms with Gasteiger partial charge in [0.2, 0.25) is 0 Å². The van der Waals surface area contributed by atoms with Crippen molar-refractivity contribution in [2.45, 2.75) is 12.6 Å². The number of rotatable bonds is 4. The van der Waals surface area contributed by atoms with E-state index in [1.54, 1.807) is 0 Å². The average Bonchev–Trinajstić information content (AvgIpc) is 2.71. The third-order valence-corrected chi connectivity index (χ3v) is 3.54. The SMILES string of the molecule is CN(Cc1ccncc1)CC1CSCN1. The third-order valence-electron chi connectivity index (χ3n) is 2.53. The fourth-order valence-corrected chi connectivity index (χ4v) is 2.77. The van der Waals surface area contributed by atoms with Gasteiger partial charge in [0.1, 0.15) is 0 Å². The maximum absolute atomic E-state index is 4.02. The second-order valence-corrected chi connectivity index (χ2v) is 5.00. The van der Waals surface area contributed by atoms with Crippen molar-refractivity contribution < 1.29 is 0 Å². The lowest BCUT2D eigenvalue weighted by molar-refractivity contribution is 0.299. The lowest BCUT2D eigenvalue weighted by atomic mass is 10.2. The number of aromatic nitrogens is 1. The van der Waals surface area contributed by atoms with Gasteiger partial charge < -0.3 is 10.2 Å². The Morgan fingerprint density at radius 2 is 2.33 bits per heavy atom. The maximum atomic E-state index is 4.02. The van der Waals surface area contributed by atoms with Crippen LogP contribution in [0.1, 0.15) is 5.56 Å². The summed E-state index contributed by atoms with van der Waals surface area (Å²) in [6.07, 6.45) is 3.71. The molecule has 0 aliphatic carbocycles. The highest BCUT2D eigenvalue weighted by molar-refractivity contribution is 7.99. The van der Waals surface area contributed by atoms with E-state index in [1.807, 2.05) is 24.2 Å². The van der Waals surface area contributed by atoms with Crippen LogP contribution < -0.4 is 5.32 Å². The van der Waals surface area contributed by atoms with Gasteiger partial charge in [0.05, 0.1) is 0 Å². The van der Waals surface area contributed by atoms with Crippen molar-refractivity contribution in [1.82, 2.24) is 15.2 Å².